The maximum absolute atomic E-state index is 12.1. The van der Waals surface area contributed by atoms with Crippen molar-refractivity contribution >= 4 is 5.91 Å². The highest BCUT2D eigenvalue weighted by molar-refractivity contribution is 5.94. The van der Waals surface area contributed by atoms with Crippen molar-refractivity contribution in [2.45, 2.75) is 52.0 Å². The molecule has 1 aliphatic rings. The second-order valence-electron chi connectivity index (χ2n) is 5.39. The van der Waals surface area contributed by atoms with Gasteiger partial charge in [0.15, 0.2) is 0 Å². The van der Waals surface area contributed by atoms with Crippen molar-refractivity contribution in [1.82, 2.24) is 5.32 Å². The van der Waals surface area contributed by atoms with Crippen LogP contribution < -0.4 is 5.32 Å². The van der Waals surface area contributed by atoms with E-state index in [0.717, 1.165) is 18.4 Å². The normalized spacial score (nSPS) is 23.7. The van der Waals surface area contributed by atoms with E-state index in [0.29, 0.717) is 12.0 Å². The lowest BCUT2D eigenvalue weighted by molar-refractivity contribution is 0.0910. The molecule has 0 bridgehead atoms. The zero-order chi connectivity index (χ0) is 13.0. The highest BCUT2D eigenvalue weighted by Crippen LogP contribution is 2.24. The molecule has 2 rings (SSSR count). The van der Waals surface area contributed by atoms with Gasteiger partial charge in [-0.25, -0.2) is 0 Å². The summed E-state index contributed by atoms with van der Waals surface area (Å²) in [5.74, 6) is 0.689. The molecule has 0 spiro atoms. The molecule has 0 aromatic heterocycles. The summed E-state index contributed by atoms with van der Waals surface area (Å²) in [5, 5.41) is 3.18. The summed E-state index contributed by atoms with van der Waals surface area (Å²) in [6.45, 7) is 4.36. The van der Waals surface area contributed by atoms with Crippen molar-refractivity contribution in [3.8, 4) is 0 Å². The van der Waals surface area contributed by atoms with E-state index in [1.165, 1.54) is 24.8 Å². The first-order valence-corrected chi connectivity index (χ1v) is 7.10. The topological polar surface area (TPSA) is 29.1 Å². The minimum atomic E-state index is 0.0800. The summed E-state index contributed by atoms with van der Waals surface area (Å²) in [7, 11) is 0. The summed E-state index contributed by atoms with van der Waals surface area (Å²) in [6.07, 6.45) is 5.92. The monoisotopic (exact) mass is 245 g/mol. The Labute approximate surface area is 110 Å². The number of amides is 1. The predicted octanol–water partition coefficient (Wildman–Crippen LogP) is 3.56. The zero-order valence-electron chi connectivity index (χ0n) is 11.4. The van der Waals surface area contributed by atoms with Gasteiger partial charge in [-0.05, 0) is 42.9 Å². The quantitative estimate of drug-likeness (QED) is 0.866. The number of rotatable bonds is 3. The summed E-state index contributed by atoms with van der Waals surface area (Å²) in [5.41, 5.74) is 2.06. The van der Waals surface area contributed by atoms with Gasteiger partial charge in [-0.3, -0.25) is 4.79 Å². The molecule has 1 amide bonds. The van der Waals surface area contributed by atoms with Crippen molar-refractivity contribution in [1.29, 1.82) is 0 Å². The lowest BCUT2D eigenvalue weighted by atomic mass is 9.86. The van der Waals surface area contributed by atoms with E-state index in [-0.39, 0.29) is 5.91 Å². The average Bonchev–Trinajstić information content (AvgIpc) is 2.41. The van der Waals surface area contributed by atoms with Gasteiger partial charge in [0, 0.05) is 11.6 Å². The Morgan fingerprint density at radius 2 is 1.89 bits per heavy atom. The summed E-state index contributed by atoms with van der Waals surface area (Å²) < 4.78 is 0. The van der Waals surface area contributed by atoms with Crippen molar-refractivity contribution in [3.63, 3.8) is 0 Å². The van der Waals surface area contributed by atoms with Gasteiger partial charge in [-0.2, -0.15) is 0 Å². The van der Waals surface area contributed by atoms with Crippen LogP contribution in [0.25, 0.3) is 0 Å². The molecule has 0 heterocycles. The second kappa shape index (κ2) is 6.03. The number of nitrogens with one attached hydrogen (secondary N) is 1. The third-order valence-electron chi connectivity index (χ3n) is 4.05. The van der Waals surface area contributed by atoms with Crippen molar-refractivity contribution in [3.05, 3.63) is 35.4 Å². The van der Waals surface area contributed by atoms with E-state index in [2.05, 4.69) is 19.2 Å². The fraction of sp³-hybridized carbons (Fsp3) is 0.562. The Kier molecular flexibility index (Phi) is 4.40. The second-order valence-corrected chi connectivity index (χ2v) is 5.39. The highest BCUT2D eigenvalue weighted by Gasteiger charge is 2.23. The first-order valence-electron chi connectivity index (χ1n) is 7.10. The maximum atomic E-state index is 12.1. The molecule has 1 aromatic rings. The molecule has 2 nitrogen and oxygen atoms in total. The van der Waals surface area contributed by atoms with Gasteiger partial charge in [0.1, 0.15) is 0 Å². The van der Waals surface area contributed by atoms with Crippen LogP contribution in [0, 0.1) is 5.92 Å². The van der Waals surface area contributed by atoms with Crippen LogP contribution in [0.4, 0.5) is 0 Å². The summed E-state index contributed by atoms with van der Waals surface area (Å²) in [6, 6.07) is 8.30. The number of aryl methyl sites for hydroxylation is 1. The molecule has 1 aromatic carbocycles. The van der Waals surface area contributed by atoms with Crippen molar-refractivity contribution in [2.24, 2.45) is 5.92 Å². The SMILES string of the molecule is CCc1ccc(C(=O)N[C@@H]2CCCC[C@@H]2C)cc1. The molecule has 98 valence electrons. The molecular formula is C16H23NO. The molecule has 1 fully saturated rings. The minimum Gasteiger partial charge on any atom is -0.349 e. The van der Waals surface area contributed by atoms with E-state index in [1.54, 1.807) is 0 Å². The Balaban J connectivity index is 1.97. The van der Waals surface area contributed by atoms with Gasteiger partial charge in [-0.15, -0.1) is 0 Å². The van der Waals surface area contributed by atoms with Crippen LogP contribution in [-0.4, -0.2) is 11.9 Å². The van der Waals surface area contributed by atoms with E-state index < -0.39 is 0 Å². The van der Waals surface area contributed by atoms with Gasteiger partial charge in [0.2, 0.25) is 0 Å². The fourth-order valence-electron chi connectivity index (χ4n) is 2.67. The van der Waals surface area contributed by atoms with Gasteiger partial charge < -0.3 is 5.32 Å². The Bertz CT molecular complexity index is 396. The molecule has 0 radical (unpaired) electrons. The Hall–Kier alpha value is -1.31. The van der Waals surface area contributed by atoms with E-state index >= 15 is 0 Å². The third kappa shape index (κ3) is 3.12. The summed E-state index contributed by atoms with van der Waals surface area (Å²) >= 11 is 0. The van der Waals surface area contributed by atoms with Gasteiger partial charge >= 0.3 is 0 Å². The Morgan fingerprint density at radius 3 is 2.50 bits per heavy atom. The van der Waals surface area contributed by atoms with Crippen molar-refractivity contribution < 1.29 is 4.79 Å². The van der Waals surface area contributed by atoms with Crippen LogP contribution in [0.1, 0.15) is 55.5 Å². The van der Waals surface area contributed by atoms with Crippen LogP contribution in [-0.2, 0) is 6.42 Å². The molecule has 1 saturated carbocycles. The number of hydrogen-bond donors (Lipinski definition) is 1. The molecular weight excluding hydrogens is 222 g/mol. The van der Waals surface area contributed by atoms with Crippen LogP contribution in [0.15, 0.2) is 24.3 Å². The molecule has 0 aliphatic heterocycles. The van der Waals surface area contributed by atoms with Crippen LogP contribution >= 0.6 is 0 Å². The number of benzene rings is 1. The molecule has 18 heavy (non-hydrogen) atoms. The molecule has 1 aliphatic carbocycles. The van der Waals surface area contributed by atoms with Crippen LogP contribution in [0.2, 0.25) is 0 Å². The van der Waals surface area contributed by atoms with Crippen LogP contribution in [0.3, 0.4) is 0 Å². The van der Waals surface area contributed by atoms with Gasteiger partial charge in [0.25, 0.3) is 5.91 Å². The van der Waals surface area contributed by atoms with Gasteiger partial charge in [0.05, 0.1) is 0 Å². The average molecular weight is 245 g/mol. The third-order valence-corrected chi connectivity index (χ3v) is 4.05. The number of carbonyl (C=O) groups excluding carboxylic acids is 1. The number of carbonyl (C=O) groups is 1. The molecule has 1 N–H and O–H groups in total. The van der Waals surface area contributed by atoms with E-state index in [9.17, 15) is 4.79 Å². The molecule has 0 saturated heterocycles. The van der Waals surface area contributed by atoms with E-state index in [1.807, 2.05) is 24.3 Å². The lowest BCUT2D eigenvalue weighted by Crippen LogP contribution is -2.41. The van der Waals surface area contributed by atoms with Crippen molar-refractivity contribution in [2.75, 3.05) is 0 Å². The highest BCUT2D eigenvalue weighted by atomic mass is 16.1. The Morgan fingerprint density at radius 1 is 1.22 bits per heavy atom. The molecule has 2 atom stereocenters. The fourth-order valence-corrected chi connectivity index (χ4v) is 2.67. The summed E-state index contributed by atoms with van der Waals surface area (Å²) in [4.78, 5) is 12.1. The smallest absolute Gasteiger partial charge is 0.251 e. The standard InChI is InChI=1S/C16H23NO/c1-3-13-8-10-14(11-9-13)16(18)17-15-7-5-4-6-12(15)2/h8-12,15H,3-7H2,1-2H3,(H,17,18)/t12-,15+/m0/s1. The van der Waals surface area contributed by atoms with E-state index in [4.69, 9.17) is 0 Å². The first kappa shape index (κ1) is 13.1. The van der Waals surface area contributed by atoms with Crippen LogP contribution in [0.5, 0.6) is 0 Å². The van der Waals surface area contributed by atoms with Gasteiger partial charge in [-0.1, -0.05) is 38.8 Å². The molecule has 0 unspecified atom stereocenters. The maximum Gasteiger partial charge on any atom is 0.251 e. The predicted molar refractivity (Wildman–Crippen MR) is 74.7 cm³/mol. The first-order chi connectivity index (χ1) is 8.70. The largest absolute Gasteiger partial charge is 0.349 e. The molecule has 2 heteroatoms. The number of hydrogen-bond acceptors (Lipinski definition) is 1. The lowest BCUT2D eigenvalue weighted by Gasteiger charge is -2.29. The zero-order valence-corrected chi connectivity index (χ0v) is 11.4. The minimum absolute atomic E-state index is 0.0800.